The summed E-state index contributed by atoms with van der Waals surface area (Å²) in [5, 5.41) is 8.71. The smallest absolute Gasteiger partial charge is 0.251 e. The number of aryl methyl sites for hydroxylation is 1. The second-order valence-corrected chi connectivity index (χ2v) is 7.14. The molecule has 0 aromatic heterocycles. The summed E-state index contributed by atoms with van der Waals surface area (Å²) >= 11 is 0. The lowest BCUT2D eigenvalue weighted by molar-refractivity contribution is -0.114. The molecule has 0 radical (unpaired) electrons. The normalized spacial score (nSPS) is 10.5. The van der Waals surface area contributed by atoms with Crippen molar-refractivity contribution in [1.29, 1.82) is 0 Å². The molecular formula is C22H27N3O3. The van der Waals surface area contributed by atoms with E-state index < -0.39 is 0 Å². The van der Waals surface area contributed by atoms with E-state index in [-0.39, 0.29) is 24.1 Å². The molecule has 0 fully saturated rings. The van der Waals surface area contributed by atoms with Gasteiger partial charge in [0.15, 0.2) is 5.78 Å². The van der Waals surface area contributed by atoms with Gasteiger partial charge in [-0.2, -0.15) is 0 Å². The van der Waals surface area contributed by atoms with Gasteiger partial charge in [-0.3, -0.25) is 14.4 Å². The fraction of sp³-hybridized carbons (Fsp3) is 0.318. The summed E-state index contributed by atoms with van der Waals surface area (Å²) in [7, 11) is 0. The van der Waals surface area contributed by atoms with Crippen LogP contribution in [-0.4, -0.2) is 30.7 Å². The van der Waals surface area contributed by atoms with Crippen LogP contribution < -0.4 is 16.0 Å². The summed E-state index contributed by atoms with van der Waals surface area (Å²) in [6.45, 7) is 8.10. The van der Waals surface area contributed by atoms with Crippen LogP contribution in [0, 0.1) is 12.8 Å². The molecule has 0 saturated carbocycles. The maximum atomic E-state index is 12.2. The number of ketones is 1. The molecule has 3 N–H and O–H groups in total. The predicted molar refractivity (Wildman–Crippen MR) is 112 cm³/mol. The monoisotopic (exact) mass is 381 g/mol. The van der Waals surface area contributed by atoms with E-state index in [9.17, 15) is 14.4 Å². The van der Waals surface area contributed by atoms with Gasteiger partial charge in [0, 0.05) is 23.4 Å². The van der Waals surface area contributed by atoms with Gasteiger partial charge in [0.1, 0.15) is 0 Å². The number of rotatable bonds is 8. The third-order valence-corrected chi connectivity index (χ3v) is 4.18. The molecule has 0 aliphatic heterocycles. The quantitative estimate of drug-likeness (QED) is 0.609. The number of nitrogens with one attached hydrogen (secondary N) is 3. The van der Waals surface area contributed by atoms with Crippen LogP contribution in [0.25, 0.3) is 0 Å². The van der Waals surface area contributed by atoms with Crippen molar-refractivity contribution < 1.29 is 14.4 Å². The lowest BCUT2D eigenvalue weighted by Crippen LogP contribution is -2.27. The van der Waals surface area contributed by atoms with Crippen molar-refractivity contribution in [2.45, 2.75) is 27.7 Å². The third kappa shape index (κ3) is 5.94. The zero-order valence-electron chi connectivity index (χ0n) is 16.8. The van der Waals surface area contributed by atoms with E-state index in [1.165, 1.54) is 6.92 Å². The molecule has 0 aliphatic rings. The molecule has 28 heavy (non-hydrogen) atoms. The molecule has 0 atom stereocenters. The highest BCUT2D eigenvalue weighted by molar-refractivity contribution is 6.04. The number of benzene rings is 2. The molecule has 0 aliphatic carbocycles. The van der Waals surface area contributed by atoms with Gasteiger partial charge in [0.2, 0.25) is 5.91 Å². The highest BCUT2D eigenvalue weighted by Crippen LogP contribution is 2.18. The SMILES string of the molecule is CC(=O)c1ccccc1NC(=O)CNc1ccc(C(=O)NCC(C)C)cc1C. The van der Waals surface area contributed by atoms with Crippen LogP contribution in [0.3, 0.4) is 0 Å². The molecule has 6 nitrogen and oxygen atoms in total. The topological polar surface area (TPSA) is 87.3 Å². The molecule has 0 saturated heterocycles. The number of hydrogen-bond acceptors (Lipinski definition) is 4. The highest BCUT2D eigenvalue weighted by atomic mass is 16.2. The second kappa shape index (κ2) is 9.69. The molecule has 2 amide bonds. The molecule has 2 aromatic carbocycles. The lowest BCUT2D eigenvalue weighted by Gasteiger charge is -2.13. The van der Waals surface area contributed by atoms with Gasteiger partial charge >= 0.3 is 0 Å². The molecule has 0 bridgehead atoms. The van der Waals surface area contributed by atoms with Crippen molar-refractivity contribution in [3.05, 3.63) is 59.2 Å². The van der Waals surface area contributed by atoms with Gasteiger partial charge in [0.05, 0.1) is 12.2 Å². The molecule has 0 unspecified atom stereocenters. The lowest BCUT2D eigenvalue weighted by atomic mass is 10.1. The number of hydrogen-bond donors (Lipinski definition) is 3. The molecule has 0 heterocycles. The molecule has 148 valence electrons. The van der Waals surface area contributed by atoms with Crippen LogP contribution in [0.4, 0.5) is 11.4 Å². The Morgan fingerprint density at radius 2 is 1.71 bits per heavy atom. The van der Waals surface area contributed by atoms with E-state index in [4.69, 9.17) is 0 Å². The number of Topliss-reactive ketones (excluding diaryl/α,β-unsaturated/α-hetero) is 1. The van der Waals surface area contributed by atoms with E-state index in [2.05, 4.69) is 16.0 Å². The van der Waals surface area contributed by atoms with E-state index in [1.807, 2.05) is 20.8 Å². The van der Waals surface area contributed by atoms with Gasteiger partial charge in [-0.15, -0.1) is 0 Å². The van der Waals surface area contributed by atoms with Crippen LogP contribution in [0.5, 0.6) is 0 Å². The Kier molecular flexibility index (Phi) is 7.32. The first kappa shape index (κ1) is 21.2. The highest BCUT2D eigenvalue weighted by Gasteiger charge is 2.11. The van der Waals surface area contributed by atoms with Crippen LogP contribution >= 0.6 is 0 Å². The summed E-state index contributed by atoms with van der Waals surface area (Å²) in [5.41, 5.74) is 3.20. The summed E-state index contributed by atoms with van der Waals surface area (Å²) in [5.74, 6) is -0.0857. The first-order valence-corrected chi connectivity index (χ1v) is 9.30. The van der Waals surface area contributed by atoms with Gasteiger partial charge in [-0.25, -0.2) is 0 Å². The Morgan fingerprint density at radius 3 is 2.36 bits per heavy atom. The number of carbonyl (C=O) groups is 3. The summed E-state index contributed by atoms with van der Waals surface area (Å²) < 4.78 is 0. The van der Waals surface area contributed by atoms with Gasteiger partial charge < -0.3 is 16.0 Å². The average Bonchev–Trinajstić information content (AvgIpc) is 2.65. The van der Waals surface area contributed by atoms with Crippen LogP contribution in [0.1, 0.15) is 47.1 Å². The van der Waals surface area contributed by atoms with Gasteiger partial charge in [-0.05, 0) is 55.7 Å². The predicted octanol–water partition coefficient (Wildman–Crippen LogP) is 3.63. The van der Waals surface area contributed by atoms with Crippen LogP contribution in [0.15, 0.2) is 42.5 Å². The first-order valence-electron chi connectivity index (χ1n) is 9.30. The zero-order valence-corrected chi connectivity index (χ0v) is 16.8. The van der Waals surface area contributed by atoms with E-state index >= 15 is 0 Å². The number of anilines is 2. The third-order valence-electron chi connectivity index (χ3n) is 4.18. The maximum absolute atomic E-state index is 12.2. The Balaban J connectivity index is 1.96. The number of para-hydroxylation sites is 1. The molecule has 2 aromatic rings. The molecule has 6 heteroatoms. The minimum atomic E-state index is -0.258. The number of carbonyl (C=O) groups excluding carboxylic acids is 3. The van der Waals surface area contributed by atoms with Crippen molar-refractivity contribution in [3.8, 4) is 0 Å². The van der Waals surface area contributed by atoms with Crippen molar-refractivity contribution in [2.75, 3.05) is 23.7 Å². The first-order chi connectivity index (χ1) is 13.3. The van der Waals surface area contributed by atoms with Crippen molar-refractivity contribution >= 4 is 29.0 Å². The molecule has 2 rings (SSSR count). The number of amides is 2. The van der Waals surface area contributed by atoms with Crippen LogP contribution in [0.2, 0.25) is 0 Å². The standard InChI is InChI=1S/C22H27N3O3/c1-14(2)12-24-22(28)17-9-10-19(15(3)11-17)23-13-21(27)25-20-8-6-5-7-18(20)16(4)26/h5-11,14,23H,12-13H2,1-4H3,(H,24,28)(H,25,27). The summed E-state index contributed by atoms with van der Waals surface area (Å²) in [6, 6.07) is 12.2. The van der Waals surface area contributed by atoms with Crippen molar-refractivity contribution in [2.24, 2.45) is 5.92 Å². The summed E-state index contributed by atoms with van der Waals surface area (Å²) in [4.78, 5) is 36.0. The zero-order chi connectivity index (χ0) is 20.7. The Morgan fingerprint density at radius 1 is 1.00 bits per heavy atom. The van der Waals surface area contributed by atoms with E-state index in [0.29, 0.717) is 29.3 Å². The Labute approximate surface area is 165 Å². The summed E-state index contributed by atoms with van der Waals surface area (Å²) in [6.07, 6.45) is 0. The van der Waals surface area contributed by atoms with E-state index in [0.717, 1.165) is 11.3 Å². The van der Waals surface area contributed by atoms with Crippen molar-refractivity contribution in [1.82, 2.24) is 5.32 Å². The van der Waals surface area contributed by atoms with Gasteiger partial charge in [-0.1, -0.05) is 26.0 Å². The fourth-order valence-electron chi connectivity index (χ4n) is 2.67. The maximum Gasteiger partial charge on any atom is 0.251 e. The largest absolute Gasteiger partial charge is 0.376 e. The van der Waals surface area contributed by atoms with Crippen LogP contribution in [-0.2, 0) is 4.79 Å². The second-order valence-electron chi connectivity index (χ2n) is 7.14. The molecular weight excluding hydrogens is 354 g/mol. The van der Waals surface area contributed by atoms with Crippen molar-refractivity contribution in [3.63, 3.8) is 0 Å². The van der Waals surface area contributed by atoms with E-state index in [1.54, 1.807) is 42.5 Å². The molecule has 0 spiro atoms. The fourth-order valence-corrected chi connectivity index (χ4v) is 2.67. The minimum absolute atomic E-state index is 0.0476. The Bertz CT molecular complexity index is 875. The minimum Gasteiger partial charge on any atom is -0.376 e. The Hall–Kier alpha value is -3.15. The van der Waals surface area contributed by atoms with Gasteiger partial charge in [0.25, 0.3) is 5.91 Å². The average molecular weight is 381 g/mol.